The van der Waals surface area contributed by atoms with Crippen molar-refractivity contribution in [3.8, 4) is 16.9 Å². The maximum atomic E-state index is 12.2. The van der Waals surface area contributed by atoms with E-state index in [2.05, 4.69) is 23.5 Å². The summed E-state index contributed by atoms with van der Waals surface area (Å²) in [5.41, 5.74) is 5.22. The molecule has 0 unspecified atom stereocenters. The number of hydrogen-bond acceptors (Lipinski definition) is 2. The van der Waals surface area contributed by atoms with Crippen molar-refractivity contribution in [2.75, 3.05) is 13.2 Å². The van der Waals surface area contributed by atoms with E-state index in [0.717, 1.165) is 16.9 Å². The van der Waals surface area contributed by atoms with Crippen LogP contribution in [0.2, 0.25) is 0 Å². The van der Waals surface area contributed by atoms with Crippen LogP contribution < -0.4 is 10.1 Å². The summed E-state index contributed by atoms with van der Waals surface area (Å²) >= 11 is 0. The van der Waals surface area contributed by atoms with Gasteiger partial charge < -0.3 is 10.1 Å². The van der Waals surface area contributed by atoms with Gasteiger partial charge in [0.2, 0.25) is 0 Å². The minimum absolute atomic E-state index is 0.0892. The van der Waals surface area contributed by atoms with Gasteiger partial charge in [-0.2, -0.15) is 0 Å². The molecule has 0 fully saturated rings. The number of carbonyl (C=O) groups excluding carboxylic acids is 1. The van der Waals surface area contributed by atoms with Crippen LogP contribution in [0, 0.1) is 13.8 Å². The lowest BCUT2D eigenvalue weighted by Gasteiger charge is -2.10. The zero-order valence-corrected chi connectivity index (χ0v) is 15.2. The van der Waals surface area contributed by atoms with Crippen LogP contribution in [0.3, 0.4) is 0 Å². The molecule has 0 atom stereocenters. The zero-order chi connectivity index (χ0) is 18.4. The summed E-state index contributed by atoms with van der Waals surface area (Å²) in [6.07, 6.45) is 0. The minimum Gasteiger partial charge on any atom is -0.492 e. The molecule has 0 aliphatic heterocycles. The van der Waals surface area contributed by atoms with Crippen molar-refractivity contribution in [1.29, 1.82) is 0 Å². The fraction of sp³-hybridized carbons (Fsp3) is 0.174. The highest BCUT2D eigenvalue weighted by molar-refractivity contribution is 5.94. The number of amides is 1. The fourth-order valence-electron chi connectivity index (χ4n) is 2.90. The van der Waals surface area contributed by atoms with Crippen molar-refractivity contribution in [2.24, 2.45) is 0 Å². The Hall–Kier alpha value is -3.07. The van der Waals surface area contributed by atoms with E-state index in [9.17, 15) is 4.79 Å². The third kappa shape index (κ3) is 4.73. The van der Waals surface area contributed by atoms with E-state index in [1.54, 1.807) is 0 Å². The smallest absolute Gasteiger partial charge is 0.251 e. The van der Waals surface area contributed by atoms with Gasteiger partial charge in [-0.3, -0.25) is 4.79 Å². The molecule has 3 aromatic carbocycles. The Bertz CT molecular complexity index is 850. The van der Waals surface area contributed by atoms with Gasteiger partial charge in [-0.1, -0.05) is 48.5 Å². The van der Waals surface area contributed by atoms with Gasteiger partial charge in [-0.05, 0) is 60.4 Å². The molecular weight excluding hydrogens is 322 g/mol. The van der Waals surface area contributed by atoms with Crippen LogP contribution in [-0.2, 0) is 0 Å². The number of benzene rings is 3. The summed E-state index contributed by atoms with van der Waals surface area (Å²) in [6.45, 7) is 4.99. The molecular formula is C23H23NO2. The van der Waals surface area contributed by atoms with Crippen molar-refractivity contribution in [3.63, 3.8) is 0 Å². The maximum absolute atomic E-state index is 12.2. The molecule has 0 aliphatic carbocycles. The SMILES string of the molecule is Cc1cc(C)cc(OCCNC(=O)c2ccc(-c3ccccc3)cc2)c1. The number of ether oxygens (including phenoxy) is 1. The first-order chi connectivity index (χ1) is 12.6. The Labute approximate surface area is 154 Å². The van der Waals surface area contributed by atoms with Crippen molar-refractivity contribution in [1.82, 2.24) is 5.32 Å². The zero-order valence-electron chi connectivity index (χ0n) is 15.2. The molecule has 3 nitrogen and oxygen atoms in total. The summed E-state index contributed by atoms with van der Waals surface area (Å²) in [6, 6.07) is 23.8. The molecule has 132 valence electrons. The first-order valence-corrected chi connectivity index (χ1v) is 8.76. The minimum atomic E-state index is -0.0892. The standard InChI is InChI=1S/C23H23NO2/c1-17-14-18(2)16-22(15-17)26-13-12-24-23(25)21-10-8-20(9-11-21)19-6-4-3-5-7-19/h3-11,14-16H,12-13H2,1-2H3,(H,24,25). The van der Waals surface area contributed by atoms with Gasteiger partial charge in [0.1, 0.15) is 12.4 Å². The predicted molar refractivity (Wildman–Crippen MR) is 106 cm³/mol. The number of hydrogen-bond donors (Lipinski definition) is 1. The van der Waals surface area contributed by atoms with E-state index < -0.39 is 0 Å². The Kier molecular flexibility index (Phi) is 5.69. The highest BCUT2D eigenvalue weighted by Crippen LogP contribution is 2.19. The molecule has 1 N–H and O–H groups in total. The predicted octanol–water partition coefficient (Wildman–Crippen LogP) is 4.78. The highest BCUT2D eigenvalue weighted by atomic mass is 16.5. The molecule has 3 aromatic rings. The van der Waals surface area contributed by atoms with Gasteiger partial charge in [0.05, 0.1) is 6.54 Å². The molecule has 26 heavy (non-hydrogen) atoms. The number of carbonyl (C=O) groups is 1. The third-order valence-corrected chi connectivity index (χ3v) is 4.11. The Morgan fingerprint density at radius 3 is 2.12 bits per heavy atom. The molecule has 0 saturated heterocycles. The van der Waals surface area contributed by atoms with Crippen molar-refractivity contribution >= 4 is 5.91 Å². The van der Waals surface area contributed by atoms with E-state index in [4.69, 9.17) is 4.74 Å². The van der Waals surface area contributed by atoms with Gasteiger partial charge in [-0.25, -0.2) is 0 Å². The van der Waals surface area contributed by atoms with E-state index in [0.29, 0.717) is 18.7 Å². The largest absolute Gasteiger partial charge is 0.492 e. The Balaban J connectivity index is 1.50. The maximum Gasteiger partial charge on any atom is 0.251 e. The molecule has 1 amide bonds. The van der Waals surface area contributed by atoms with E-state index in [1.165, 1.54) is 11.1 Å². The second-order valence-corrected chi connectivity index (χ2v) is 6.37. The van der Waals surface area contributed by atoms with Gasteiger partial charge in [-0.15, -0.1) is 0 Å². The topological polar surface area (TPSA) is 38.3 Å². The molecule has 0 spiro atoms. The Morgan fingerprint density at radius 2 is 1.46 bits per heavy atom. The summed E-state index contributed by atoms with van der Waals surface area (Å²) in [5, 5.41) is 2.89. The average Bonchev–Trinajstić information content (AvgIpc) is 2.65. The lowest BCUT2D eigenvalue weighted by Crippen LogP contribution is -2.28. The van der Waals surface area contributed by atoms with Crippen molar-refractivity contribution in [2.45, 2.75) is 13.8 Å². The van der Waals surface area contributed by atoms with E-state index in [-0.39, 0.29) is 5.91 Å². The second kappa shape index (κ2) is 8.34. The molecule has 0 bridgehead atoms. The van der Waals surface area contributed by atoms with Crippen molar-refractivity contribution < 1.29 is 9.53 Å². The van der Waals surface area contributed by atoms with Crippen LogP contribution in [0.25, 0.3) is 11.1 Å². The molecule has 0 aromatic heterocycles. The molecule has 3 rings (SSSR count). The first-order valence-electron chi connectivity index (χ1n) is 8.76. The quantitative estimate of drug-likeness (QED) is 0.653. The van der Waals surface area contributed by atoms with Crippen LogP contribution in [0.1, 0.15) is 21.5 Å². The van der Waals surface area contributed by atoms with Crippen LogP contribution in [0.4, 0.5) is 0 Å². The van der Waals surface area contributed by atoms with Crippen LogP contribution in [0.5, 0.6) is 5.75 Å². The molecule has 0 heterocycles. The van der Waals surface area contributed by atoms with Gasteiger partial charge in [0.15, 0.2) is 0 Å². The summed E-state index contributed by atoms with van der Waals surface area (Å²) in [5.74, 6) is 0.748. The van der Waals surface area contributed by atoms with Crippen LogP contribution >= 0.6 is 0 Å². The van der Waals surface area contributed by atoms with Crippen LogP contribution in [-0.4, -0.2) is 19.1 Å². The average molecular weight is 345 g/mol. The molecule has 0 saturated carbocycles. The van der Waals surface area contributed by atoms with Crippen molar-refractivity contribution in [3.05, 3.63) is 89.5 Å². The number of nitrogens with one attached hydrogen (secondary N) is 1. The summed E-state index contributed by atoms with van der Waals surface area (Å²) in [4.78, 5) is 12.2. The van der Waals surface area contributed by atoms with Gasteiger partial charge in [0.25, 0.3) is 5.91 Å². The number of aryl methyl sites for hydroxylation is 2. The molecule has 0 aliphatic rings. The number of rotatable bonds is 6. The Morgan fingerprint density at radius 1 is 0.846 bits per heavy atom. The van der Waals surface area contributed by atoms with Crippen LogP contribution in [0.15, 0.2) is 72.8 Å². The second-order valence-electron chi connectivity index (χ2n) is 6.37. The third-order valence-electron chi connectivity index (χ3n) is 4.11. The van der Waals surface area contributed by atoms with Gasteiger partial charge >= 0.3 is 0 Å². The normalized spacial score (nSPS) is 10.4. The summed E-state index contributed by atoms with van der Waals surface area (Å²) < 4.78 is 5.72. The first kappa shape index (κ1) is 17.7. The molecule has 3 heteroatoms. The highest BCUT2D eigenvalue weighted by Gasteiger charge is 2.06. The van der Waals surface area contributed by atoms with Gasteiger partial charge in [0, 0.05) is 5.56 Å². The van der Waals surface area contributed by atoms with E-state index >= 15 is 0 Å². The fourth-order valence-corrected chi connectivity index (χ4v) is 2.90. The monoisotopic (exact) mass is 345 g/mol. The molecule has 0 radical (unpaired) electrons. The lowest BCUT2D eigenvalue weighted by atomic mass is 10.0. The van der Waals surface area contributed by atoms with E-state index in [1.807, 2.05) is 68.4 Å². The lowest BCUT2D eigenvalue weighted by molar-refractivity contribution is 0.0947. The summed E-state index contributed by atoms with van der Waals surface area (Å²) in [7, 11) is 0.